The van der Waals surface area contributed by atoms with E-state index < -0.39 is 0 Å². The van der Waals surface area contributed by atoms with Gasteiger partial charge in [-0.2, -0.15) is 0 Å². The first-order valence-corrected chi connectivity index (χ1v) is 13.2. The minimum absolute atomic E-state index is 0.0785. The molecule has 2 aliphatic carbocycles. The molecule has 2 aliphatic heterocycles. The van der Waals surface area contributed by atoms with Crippen molar-refractivity contribution in [2.24, 2.45) is 0 Å². The second kappa shape index (κ2) is 8.65. The van der Waals surface area contributed by atoms with E-state index in [4.69, 9.17) is 0 Å². The number of benzene rings is 1. The van der Waals surface area contributed by atoms with E-state index in [9.17, 15) is 9.59 Å². The zero-order chi connectivity index (χ0) is 25.1. The minimum atomic E-state index is -0.0965. The van der Waals surface area contributed by atoms with Gasteiger partial charge in [0.25, 0.3) is 5.91 Å². The number of nitrogens with zero attached hydrogens (tertiary/aromatic N) is 6. The monoisotopic (exact) mass is 498 g/mol. The normalized spacial score (nSPS) is 19.8. The maximum absolute atomic E-state index is 12.8. The highest BCUT2D eigenvalue weighted by Gasteiger charge is 2.38. The topological polar surface area (TPSA) is 107 Å². The van der Waals surface area contributed by atoms with Crippen LogP contribution in [0.1, 0.15) is 47.4 Å². The molecule has 1 saturated heterocycles. The maximum atomic E-state index is 12.8. The number of nitrogens with one attached hydrogen (secondary N) is 2. The summed E-state index contributed by atoms with van der Waals surface area (Å²) in [5, 5.41) is 7.02. The summed E-state index contributed by atoms with van der Waals surface area (Å²) in [5.41, 5.74) is 5.27. The first-order valence-electron chi connectivity index (χ1n) is 13.2. The number of anilines is 3. The molecule has 0 radical (unpaired) electrons. The van der Waals surface area contributed by atoms with Crippen molar-refractivity contribution >= 4 is 40.0 Å². The Morgan fingerprint density at radius 3 is 2.62 bits per heavy atom. The van der Waals surface area contributed by atoms with Crippen LogP contribution in [-0.2, 0) is 6.54 Å². The van der Waals surface area contributed by atoms with Crippen molar-refractivity contribution < 1.29 is 9.59 Å². The summed E-state index contributed by atoms with van der Waals surface area (Å²) in [6.07, 6.45) is 5.74. The lowest BCUT2D eigenvalue weighted by Crippen LogP contribution is -2.46. The van der Waals surface area contributed by atoms with E-state index in [0.29, 0.717) is 11.7 Å². The quantitative estimate of drug-likeness (QED) is 0.538. The Labute approximate surface area is 215 Å². The van der Waals surface area contributed by atoms with Crippen molar-refractivity contribution in [3.05, 3.63) is 47.5 Å². The molecule has 190 valence electrons. The SMILES string of the molecule is Cc1nc(C(=O)NC2CC2)ccc1N1CCN(Cc2cc3c4c(ncnc4c2)N(C2CC2)C(=O)N3)CC1. The molecular formula is C27H30N8O2. The van der Waals surface area contributed by atoms with Crippen LogP contribution >= 0.6 is 0 Å². The highest BCUT2D eigenvalue weighted by atomic mass is 16.2. The highest BCUT2D eigenvalue weighted by Crippen LogP contribution is 2.41. The van der Waals surface area contributed by atoms with Gasteiger partial charge < -0.3 is 15.5 Å². The van der Waals surface area contributed by atoms with Crippen molar-refractivity contribution in [2.45, 2.75) is 51.2 Å². The van der Waals surface area contributed by atoms with Gasteiger partial charge in [0.1, 0.15) is 17.8 Å². The summed E-state index contributed by atoms with van der Waals surface area (Å²) in [4.78, 5) is 45.3. The molecule has 0 bridgehead atoms. The second-order valence-electron chi connectivity index (χ2n) is 10.6. The molecule has 37 heavy (non-hydrogen) atoms. The number of hydrogen-bond acceptors (Lipinski definition) is 7. The zero-order valence-corrected chi connectivity index (χ0v) is 20.9. The molecule has 0 atom stereocenters. The molecule has 2 aromatic heterocycles. The van der Waals surface area contributed by atoms with E-state index in [-0.39, 0.29) is 18.0 Å². The van der Waals surface area contributed by atoms with Crippen LogP contribution in [0.15, 0.2) is 30.6 Å². The van der Waals surface area contributed by atoms with Gasteiger partial charge in [-0.05, 0) is 62.4 Å². The number of rotatable bonds is 6. The molecule has 2 N–H and O–H groups in total. The lowest BCUT2D eigenvalue weighted by Gasteiger charge is -2.36. The maximum Gasteiger partial charge on any atom is 0.327 e. The molecular weight excluding hydrogens is 468 g/mol. The fourth-order valence-electron chi connectivity index (χ4n) is 5.45. The first-order chi connectivity index (χ1) is 18.0. The third-order valence-corrected chi connectivity index (χ3v) is 7.70. The Bertz CT molecular complexity index is 1410. The molecule has 7 rings (SSSR count). The van der Waals surface area contributed by atoms with Crippen LogP contribution in [0.4, 0.5) is 22.0 Å². The molecule has 1 aromatic carbocycles. The Balaban J connectivity index is 1.04. The number of aryl methyl sites for hydroxylation is 1. The Hall–Kier alpha value is -3.79. The van der Waals surface area contributed by atoms with Crippen LogP contribution < -0.4 is 20.4 Å². The number of aromatic nitrogens is 3. The largest absolute Gasteiger partial charge is 0.368 e. The average molecular weight is 499 g/mol. The zero-order valence-electron chi connectivity index (χ0n) is 20.9. The fourth-order valence-corrected chi connectivity index (χ4v) is 5.45. The predicted molar refractivity (Wildman–Crippen MR) is 141 cm³/mol. The van der Waals surface area contributed by atoms with Crippen molar-refractivity contribution in [3.63, 3.8) is 0 Å². The van der Waals surface area contributed by atoms with Gasteiger partial charge >= 0.3 is 6.03 Å². The van der Waals surface area contributed by atoms with Gasteiger partial charge in [-0.15, -0.1) is 0 Å². The van der Waals surface area contributed by atoms with Crippen molar-refractivity contribution in [1.29, 1.82) is 0 Å². The lowest BCUT2D eigenvalue weighted by molar-refractivity contribution is 0.0946. The number of pyridine rings is 1. The van der Waals surface area contributed by atoms with Gasteiger partial charge in [0, 0.05) is 44.8 Å². The number of urea groups is 1. The fraction of sp³-hybridized carbons (Fsp3) is 0.444. The average Bonchev–Trinajstić information content (AvgIpc) is 3.81. The molecule has 2 saturated carbocycles. The number of hydrogen-bond donors (Lipinski definition) is 2. The van der Waals surface area contributed by atoms with Gasteiger partial charge in [0.15, 0.2) is 0 Å². The van der Waals surface area contributed by atoms with Gasteiger partial charge in [-0.1, -0.05) is 0 Å². The standard InChI is InChI=1S/C27H30N8O2/c1-16-23(7-6-20(30-16)26(36)31-18-2-3-18)34-10-8-33(9-11-34)14-17-12-21-24-22(13-17)32-27(37)35(19-4-5-19)25(24)29-15-28-21/h6-7,12-13,15,18-19H,2-5,8-11,14H2,1H3,(H,31,36)(H,32,37). The van der Waals surface area contributed by atoms with Crippen molar-refractivity contribution in [1.82, 2.24) is 25.2 Å². The number of carbonyl (C=O) groups is 2. The molecule has 10 nitrogen and oxygen atoms in total. The molecule has 3 aromatic rings. The molecule has 10 heteroatoms. The van der Waals surface area contributed by atoms with Crippen LogP contribution in [0.2, 0.25) is 0 Å². The summed E-state index contributed by atoms with van der Waals surface area (Å²) in [6, 6.07) is 8.53. The molecule has 3 fully saturated rings. The first kappa shape index (κ1) is 22.4. The van der Waals surface area contributed by atoms with Crippen LogP contribution in [-0.4, -0.2) is 70.1 Å². The molecule has 0 spiro atoms. The predicted octanol–water partition coefficient (Wildman–Crippen LogP) is 3.06. The van der Waals surface area contributed by atoms with Crippen LogP contribution in [0.5, 0.6) is 0 Å². The molecule has 4 aliphatic rings. The molecule has 3 amide bonds. The van der Waals surface area contributed by atoms with Gasteiger partial charge in [-0.3, -0.25) is 14.6 Å². The second-order valence-corrected chi connectivity index (χ2v) is 10.6. The molecule has 0 unspecified atom stereocenters. The number of carbonyl (C=O) groups excluding carboxylic acids is 2. The summed E-state index contributed by atoms with van der Waals surface area (Å²) in [7, 11) is 0. The third kappa shape index (κ3) is 4.25. The van der Waals surface area contributed by atoms with Gasteiger partial charge in [-0.25, -0.2) is 19.7 Å². The van der Waals surface area contributed by atoms with E-state index in [0.717, 1.165) is 97.8 Å². The van der Waals surface area contributed by atoms with Crippen molar-refractivity contribution in [2.75, 3.05) is 41.3 Å². The summed E-state index contributed by atoms with van der Waals surface area (Å²) >= 11 is 0. The summed E-state index contributed by atoms with van der Waals surface area (Å²) < 4.78 is 0. The van der Waals surface area contributed by atoms with E-state index in [2.05, 4.69) is 47.5 Å². The van der Waals surface area contributed by atoms with Gasteiger partial charge in [0.2, 0.25) is 0 Å². The summed E-state index contributed by atoms with van der Waals surface area (Å²) in [5.74, 6) is 0.650. The van der Waals surface area contributed by atoms with E-state index in [1.807, 2.05) is 19.1 Å². The van der Waals surface area contributed by atoms with Crippen LogP contribution in [0, 0.1) is 6.92 Å². The van der Waals surface area contributed by atoms with Gasteiger partial charge in [0.05, 0.1) is 28.0 Å². The van der Waals surface area contributed by atoms with E-state index in [1.54, 1.807) is 11.2 Å². The van der Waals surface area contributed by atoms with Crippen LogP contribution in [0.25, 0.3) is 10.9 Å². The third-order valence-electron chi connectivity index (χ3n) is 7.70. The Morgan fingerprint density at radius 1 is 1.08 bits per heavy atom. The van der Waals surface area contributed by atoms with E-state index >= 15 is 0 Å². The lowest BCUT2D eigenvalue weighted by atomic mass is 10.1. The highest BCUT2D eigenvalue weighted by molar-refractivity contribution is 6.17. The summed E-state index contributed by atoms with van der Waals surface area (Å²) in [6.45, 7) is 6.36. The number of piperazine rings is 1. The minimum Gasteiger partial charge on any atom is -0.368 e. The van der Waals surface area contributed by atoms with Crippen LogP contribution in [0.3, 0.4) is 0 Å². The van der Waals surface area contributed by atoms with E-state index in [1.165, 1.54) is 0 Å². The Kier molecular flexibility index (Phi) is 5.24. The van der Waals surface area contributed by atoms with Crippen molar-refractivity contribution in [3.8, 4) is 0 Å². The smallest absolute Gasteiger partial charge is 0.327 e. The molecule has 4 heterocycles. The Morgan fingerprint density at radius 2 is 1.89 bits per heavy atom. The number of amides is 3.